The molecule has 2 aromatic heterocycles. The first-order valence-corrected chi connectivity index (χ1v) is 8.30. The highest BCUT2D eigenvalue weighted by atomic mass is 16.6. The van der Waals surface area contributed by atoms with Crippen molar-refractivity contribution in [2.45, 2.75) is 46.3 Å². The minimum absolute atomic E-state index is 0.0553. The summed E-state index contributed by atoms with van der Waals surface area (Å²) in [5, 5.41) is 4.44. The Kier molecular flexibility index (Phi) is 4.11. The number of piperazine rings is 1. The number of carbonyl (C=O) groups is 1. The minimum atomic E-state index is -0.476. The number of hydrogen-bond donors (Lipinski definition) is 0. The van der Waals surface area contributed by atoms with Gasteiger partial charge in [-0.1, -0.05) is 0 Å². The SMILES string of the molecule is Cc1cc2c(N3CCN(C(=O)OC(C)(C)C)C(C)C3)nccn2n1. The van der Waals surface area contributed by atoms with Crippen LogP contribution in [0.25, 0.3) is 5.52 Å². The van der Waals surface area contributed by atoms with E-state index in [-0.39, 0.29) is 12.1 Å². The van der Waals surface area contributed by atoms with E-state index in [0.717, 1.165) is 30.1 Å². The van der Waals surface area contributed by atoms with Crippen molar-refractivity contribution in [3.8, 4) is 0 Å². The van der Waals surface area contributed by atoms with E-state index in [1.807, 2.05) is 51.4 Å². The van der Waals surface area contributed by atoms with Crippen LogP contribution in [0.3, 0.4) is 0 Å². The molecular weight excluding hydrogens is 306 g/mol. The first-order chi connectivity index (χ1) is 11.2. The third kappa shape index (κ3) is 3.29. The van der Waals surface area contributed by atoms with Crippen molar-refractivity contribution in [1.82, 2.24) is 19.5 Å². The summed E-state index contributed by atoms with van der Waals surface area (Å²) in [6.45, 7) is 11.7. The maximum Gasteiger partial charge on any atom is 0.410 e. The first-order valence-electron chi connectivity index (χ1n) is 8.30. The maximum atomic E-state index is 12.3. The van der Waals surface area contributed by atoms with Gasteiger partial charge < -0.3 is 14.5 Å². The third-order valence-electron chi connectivity index (χ3n) is 4.05. The molecule has 0 spiro atoms. The summed E-state index contributed by atoms with van der Waals surface area (Å²) >= 11 is 0. The van der Waals surface area contributed by atoms with Crippen LogP contribution in [-0.2, 0) is 4.74 Å². The highest BCUT2D eigenvalue weighted by molar-refractivity contribution is 5.71. The molecule has 7 heteroatoms. The summed E-state index contributed by atoms with van der Waals surface area (Å²) in [6.07, 6.45) is 3.37. The Labute approximate surface area is 142 Å². The fraction of sp³-hybridized carbons (Fsp3) is 0.588. The lowest BCUT2D eigenvalue weighted by Gasteiger charge is -2.40. The number of anilines is 1. The zero-order valence-corrected chi connectivity index (χ0v) is 15.0. The quantitative estimate of drug-likeness (QED) is 0.803. The number of aryl methyl sites for hydroxylation is 1. The van der Waals surface area contributed by atoms with Gasteiger partial charge in [-0.05, 0) is 40.7 Å². The fourth-order valence-electron chi connectivity index (χ4n) is 3.02. The minimum Gasteiger partial charge on any atom is -0.444 e. The topological polar surface area (TPSA) is 63.0 Å². The molecule has 1 aliphatic heterocycles. The molecular formula is C17H25N5O2. The number of ether oxygens (including phenoxy) is 1. The van der Waals surface area contributed by atoms with E-state index >= 15 is 0 Å². The summed E-state index contributed by atoms with van der Waals surface area (Å²) in [6, 6.07) is 2.09. The van der Waals surface area contributed by atoms with Gasteiger partial charge in [0.15, 0.2) is 5.82 Å². The number of fused-ring (bicyclic) bond motifs is 1. The molecule has 7 nitrogen and oxygen atoms in total. The zero-order chi connectivity index (χ0) is 17.5. The van der Waals surface area contributed by atoms with Crippen LogP contribution in [0.2, 0.25) is 0 Å². The normalized spacial score (nSPS) is 19.0. The van der Waals surface area contributed by atoms with Crippen molar-refractivity contribution in [3.05, 3.63) is 24.2 Å². The Morgan fingerprint density at radius 1 is 1.33 bits per heavy atom. The largest absolute Gasteiger partial charge is 0.444 e. The number of nitrogens with zero attached hydrogens (tertiary/aromatic N) is 5. The lowest BCUT2D eigenvalue weighted by molar-refractivity contribution is 0.0159. The summed E-state index contributed by atoms with van der Waals surface area (Å²) in [4.78, 5) is 20.9. The van der Waals surface area contributed by atoms with Gasteiger partial charge in [0, 0.05) is 38.1 Å². The number of aromatic nitrogens is 3. The highest BCUT2D eigenvalue weighted by Gasteiger charge is 2.31. The second-order valence-electron chi connectivity index (χ2n) is 7.34. The second kappa shape index (κ2) is 5.96. The van der Waals surface area contributed by atoms with E-state index in [4.69, 9.17) is 4.74 Å². The summed E-state index contributed by atoms with van der Waals surface area (Å²) in [5.41, 5.74) is 1.48. The molecule has 1 unspecified atom stereocenters. The molecule has 0 N–H and O–H groups in total. The van der Waals surface area contributed by atoms with Crippen LogP contribution in [0.15, 0.2) is 18.5 Å². The summed E-state index contributed by atoms with van der Waals surface area (Å²) in [7, 11) is 0. The molecule has 0 bridgehead atoms. The molecule has 2 aromatic rings. The van der Waals surface area contributed by atoms with Crippen molar-refractivity contribution in [2.75, 3.05) is 24.5 Å². The Morgan fingerprint density at radius 3 is 2.75 bits per heavy atom. The average molecular weight is 331 g/mol. The van der Waals surface area contributed by atoms with E-state index < -0.39 is 5.60 Å². The second-order valence-corrected chi connectivity index (χ2v) is 7.34. The average Bonchev–Trinajstić information content (AvgIpc) is 2.85. The van der Waals surface area contributed by atoms with Crippen molar-refractivity contribution in [3.63, 3.8) is 0 Å². The summed E-state index contributed by atoms with van der Waals surface area (Å²) < 4.78 is 7.35. The van der Waals surface area contributed by atoms with Gasteiger partial charge in [-0.25, -0.2) is 14.3 Å². The lowest BCUT2D eigenvalue weighted by atomic mass is 10.2. The molecule has 1 atom stereocenters. The predicted molar refractivity (Wildman–Crippen MR) is 92.3 cm³/mol. The van der Waals surface area contributed by atoms with Crippen LogP contribution in [-0.4, -0.2) is 56.9 Å². The van der Waals surface area contributed by atoms with E-state index in [9.17, 15) is 4.79 Å². The summed E-state index contributed by atoms with van der Waals surface area (Å²) in [5.74, 6) is 0.911. The standard InChI is InChI=1S/C17H25N5O2/c1-12-10-14-15(18-6-7-22(14)19-12)20-8-9-21(13(2)11-20)16(23)24-17(3,4)5/h6-7,10,13H,8-9,11H2,1-5H3. The van der Waals surface area contributed by atoms with Crippen molar-refractivity contribution < 1.29 is 9.53 Å². The van der Waals surface area contributed by atoms with Gasteiger partial charge in [-0.3, -0.25) is 0 Å². The van der Waals surface area contributed by atoms with Gasteiger partial charge in [-0.2, -0.15) is 5.10 Å². The molecule has 0 aliphatic carbocycles. The monoisotopic (exact) mass is 331 g/mol. The number of hydrogen-bond acceptors (Lipinski definition) is 5. The molecule has 1 fully saturated rings. The number of carbonyl (C=O) groups excluding carboxylic acids is 1. The van der Waals surface area contributed by atoms with Crippen LogP contribution in [0.4, 0.5) is 10.6 Å². The molecule has 1 saturated heterocycles. The van der Waals surface area contributed by atoms with E-state index in [0.29, 0.717) is 6.54 Å². The molecule has 3 heterocycles. The number of rotatable bonds is 1. The molecule has 0 radical (unpaired) electrons. The van der Waals surface area contributed by atoms with Gasteiger partial charge in [0.1, 0.15) is 11.1 Å². The Bertz CT molecular complexity index is 749. The highest BCUT2D eigenvalue weighted by Crippen LogP contribution is 2.23. The van der Waals surface area contributed by atoms with Crippen molar-refractivity contribution in [1.29, 1.82) is 0 Å². The van der Waals surface area contributed by atoms with Crippen LogP contribution in [0.5, 0.6) is 0 Å². The molecule has 1 amide bonds. The molecule has 130 valence electrons. The Morgan fingerprint density at radius 2 is 2.08 bits per heavy atom. The van der Waals surface area contributed by atoms with Gasteiger partial charge in [0.2, 0.25) is 0 Å². The van der Waals surface area contributed by atoms with Crippen molar-refractivity contribution in [2.24, 2.45) is 0 Å². The predicted octanol–water partition coefficient (Wildman–Crippen LogP) is 2.48. The van der Waals surface area contributed by atoms with E-state index in [1.165, 1.54) is 0 Å². The fourth-order valence-corrected chi connectivity index (χ4v) is 3.02. The molecule has 24 heavy (non-hydrogen) atoms. The third-order valence-corrected chi connectivity index (χ3v) is 4.05. The maximum absolute atomic E-state index is 12.3. The van der Waals surface area contributed by atoms with Gasteiger partial charge in [0.05, 0.1) is 5.69 Å². The van der Waals surface area contributed by atoms with Gasteiger partial charge >= 0.3 is 6.09 Å². The Hall–Kier alpha value is -2.31. The molecule has 3 rings (SSSR count). The first kappa shape index (κ1) is 16.5. The Balaban J connectivity index is 1.76. The van der Waals surface area contributed by atoms with Gasteiger partial charge in [-0.15, -0.1) is 0 Å². The van der Waals surface area contributed by atoms with Crippen LogP contribution in [0, 0.1) is 6.92 Å². The zero-order valence-electron chi connectivity index (χ0n) is 15.0. The lowest BCUT2D eigenvalue weighted by Crippen LogP contribution is -2.55. The molecule has 1 aliphatic rings. The smallest absolute Gasteiger partial charge is 0.410 e. The molecule has 0 aromatic carbocycles. The van der Waals surface area contributed by atoms with E-state index in [2.05, 4.69) is 15.0 Å². The van der Waals surface area contributed by atoms with Crippen LogP contribution < -0.4 is 4.90 Å². The molecule has 0 saturated carbocycles. The van der Waals surface area contributed by atoms with Crippen LogP contribution in [0.1, 0.15) is 33.4 Å². The van der Waals surface area contributed by atoms with E-state index in [1.54, 1.807) is 11.1 Å². The van der Waals surface area contributed by atoms with Gasteiger partial charge in [0.25, 0.3) is 0 Å². The van der Waals surface area contributed by atoms with Crippen LogP contribution >= 0.6 is 0 Å². The van der Waals surface area contributed by atoms with Crippen molar-refractivity contribution >= 4 is 17.4 Å². The number of amides is 1.